The maximum absolute atomic E-state index is 12.4. The molecule has 1 saturated heterocycles. The summed E-state index contributed by atoms with van der Waals surface area (Å²) < 4.78 is 5.65. The number of amides is 1. The second kappa shape index (κ2) is 9.63. The van der Waals surface area contributed by atoms with Gasteiger partial charge in [-0.2, -0.15) is 0 Å². The van der Waals surface area contributed by atoms with Crippen molar-refractivity contribution in [3.8, 4) is 5.75 Å². The average molecular weight is 372 g/mol. The largest absolute Gasteiger partial charge is 0.494 e. The first-order valence-corrected chi connectivity index (χ1v) is 9.78. The van der Waals surface area contributed by atoms with Crippen LogP contribution < -0.4 is 4.74 Å². The molecule has 0 unspecified atom stereocenters. The molecule has 138 valence electrons. The molecule has 26 heavy (non-hydrogen) atoms. The Morgan fingerprint density at radius 2 is 1.73 bits per heavy atom. The summed E-state index contributed by atoms with van der Waals surface area (Å²) in [4.78, 5) is 14.4. The fourth-order valence-corrected chi connectivity index (χ4v) is 3.56. The van der Waals surface area contributed by atoms with Crippen LogP contribution in [0.3, 0.4) is 0 Å². The fourth-order valence-electron chi connectivity index (χ4n) is 3.44. The predicted molar refractivity (Wildman–Crippen MR) is 106 cm³/mol. The summed E-state index contributed by atoms with van der Waals surface area (Å²) in [5, 5.41) is 0.697. The number of piperidine rings is 1. The summed E-state index contributed by atoms with van der Waals surface area (Å²) >= 11 is 5.85. The van der Waals surface area contributed by atoms with Gasteiger partial charge in [-0.05, 0) is 61.4 Å². The lowest BCUT2D eigenvalue weighted by atomic mass is 9.90. The van der Waals surface area contributed by atoms with Crippen LogP contribution in [-0.2, 0) is 11.2 Å². The Balaban J connectivity index is 1.32. The van der Waals surface area contributed by atoms with Gasteiger partial charge in [0.15, 0.2) is 0 Å². The molecular formula is C22H26ClNO2. The average Bonchev–Trinajstić information content (AvgIpc) is 2.68. The standard InChI is InChI=1S/C22H26ClNO2/c23-20-8-10-21(11-9-20)26-16-4-7-22(25)24-14-12-19(13-15-24)17-18-5-2-1-3-6-18/h1-3,5-6,8-11,19H,4,7,12-17H2. The molecule has 0 radical (unpaired) electrons. The van der Waals surface area contributed by atoms with Crippen LogP contribution in [0.5, 0.6) is 5.75 Å². The number of carbonyl (C=O) groups excluding carboxylic acids is 1. The van der Waals surface area contributed by atoms with Crippen molar-refractivity contribution >= 4 is 17.5 Å². The first-order valence-electron chi connectivity index (χ1n) is 9.41. The SMILES string of the molecule is O=C(CCCOc1ccc(Cl)cc1)N1CCC(Cc2ccccc2)CC1. The third kappa shape index (κ3) is 5.77. The van der Waals surface area contributed by atoms with Gasteiger partial charge in [-0.25, -0.2) is 0 Å². The molecule has 0 aromatic heterocycles. The summed E-state index contributed by atoms with van der Waals surface area (Å²) in [7, 11) is 0. The van der Waals surface area contributed by atoms with Crippen molar-refractivity contribution in [2.24, 2.45) is 5.92 Å². The minimum absolute atomic E-state index is 0.253. The van der Waals surface area contributed by atoms with Gasteiger partial charge in [-0.3, -0.25) is 4.79 Å². The van der Waals surface area contributed by atoms with Crippen LogP contribution in [0.25, 0.3) is 0 Å². The molecule has 2 aromatic rings. The van der Waals surface area contributed by atoms with Gasteiger partial charge < -0.3 is 9.64 Å². The second-order valence-corrected chi connectivity index (χ2v) is 7.36. The van der Waals surface area contributed by atoms with Gasteiger partial charge in [0.25, 0.3) is 0 Å². The van der Waals surface area contributed by atoms with Gasteiger partial charge in [0, 0.05) is 24.5 Å². The number of ether oxygens (including phenoxy) is 1. The highest BCUT2D eigenvalue weighted by Crippen LogP contribution is 2.22. The Morgan fingerprint density at radius 1 is 1.04 bits per heavy atom. The first kappa shape index (κ1) is 18.8. The van der Waals surface area contributed by atoms with Gasteiger partial charge in [-0.1, -0.05) is 41.9 Å². The Morgan fingerprint density at radius 3 is 2.42 bits per heavy atom. The molecule has 0 bridgehead atoms. The summed E-state index contributed by atoms with van der Waals surface area (Å²) in [6.45, 7) is 2.32. The van der Waals surface area contributed by atoms with E-state index in [-0.39, 0.29) is 5.91 Å². The van der Waals surface area contributed by atoms with Gasteiger partial charge in [0.05, 0.1) is 6.61 Å². The van der Waals surface area contributed by atoms with Gasteiger partial charge >= 0.3 is 0 Å². The number of rotatable bonds is 7. The van der Waals surface area contributed by atoms with E-state index < -0.39 is 0 Å². The molecule has 1 aliphatic rings. The zero-order chi connectivity index (χ0) is 18.2. The van der Waals surface area contributed by atoms with Crippen molar-refractivity contribution in [1.29, 1.82) is 0 Å². The minimum atomic E-state index is 0.253. The quantitative estimate of drug-likeness (QED) is 0.642. The molecule has 1 fully saturated rings. The molecule has 0 saturated carbocycles. The summed E-state index contributed by atoms with van der Waals surface area (Å²) in [6.07, 6.45) is 4.62. The number of nitrogens with zero attached hydrogens (tertiary/aromatic N) is 1. The molecule has 3 rings (SSSR count). The zero-order valence-corrected chi connectivity index (χ0v) is 15.8. The number of halogens is 1. The van der Waals surface area contributed by atoms with E-state index >= 15 is 0 Å². The van der Waals surface area contributed by atoms with E-state index in [1.165, 1.54) is 5.56 Å². The van der Waals surface area contributed by atoms with E-state index in [1.54, 1.807) is 0 Å². The number of hydrogen-bond donors (Lipinski definition) is 0. The molecule has 4 heteroatoms. The molecule has 1 aliphatic heterocycles. The molecule has 0 N–H and O–H groups in total. The van der Waals surface area contributed by atoms with Crippen molar-refractivity contribution in [2.75, 3.05) is 19.7 Å². The van der Waals surface area contributed by atoms with Crippen molar-refractivity contribution in [1.82, 2.24) is 4.90 Å². The van der Waals surface area contributed by atoms with Crippen molar-refractivity contribution in [3.05, 3.63) is 65.2 Å². The van der Waals surface area contributed by atoms with E-state index in [0.29, 0.717) is 24.0 Å². The molecule has 0 aliphatic carbocycles. The molecular weight excluding hydrogens is 346 g/mol. The normalized spacial score (nSPS) is 15.0. The highest BCUT2D eigenvalue weighted by Gasteiger charge is 2.22. The predicted octanol–water partition coefficient (Wildman–Crippen LogP) is 4.98. The monoisotopic (exact) mass is 371 g/mol. The van der Waals surface area contributed by atoms with Crippen LogP contribution in [0.15, 0.2) is 54.6 Å². The molecule has 0 atom stereocenters. The third-order valence-corrected chi connectivity index (χ3v) is 5.20. The molecule has 1 heterocycles. The van der Waals surface area contributed by atoms with Crippen LogP contribution in [0.2, 0.25) is 5.02 Å². The molecule has 3 nitrogen and oxygen atoms in total. The molecule has 1 amide bonds. The first-order chi connectivity index (χ1) is 12.7. The number of benzene rings is 2. The Kier molecular flexibility index (Phi) is 6.96. The second-order valence-electron chi connectivity index (χ2n) is 6.92. The Hall–Kier alpha value is -2.00. The lowest BCUT2D eigenvalue weighted by molar-refractivity contribution is -0.132. The maximum atomic E-state index is 12.4. The van der Waals surface area contributed by atoms with Crippen LogP contribution in [0.4, 0.5) is 0 Å². The summed E-state index contributed by atoms with van der Waals surface area (Å²) in [6, 6.07) is 17.9. The van der Waals surface area contributed by atoms with Gasteiger partial charge in [0.2, 0.25) is 5.91 Å². The topological polar surface area (TPSA) is 29.5 Å². The van der Waals surface area contributed by atoms with Crippen LogP contribution in [-0.4, -0.2) is 30.5 Å². The summed E-state index contributed by atoms with van der Waals surface area (Å²) in [5.74, 6) is 1.74. The minimum Gasteiger partial charge on any atom is -0.494 e. The maximum Gasteiger partial charge on any atom is 0.222 e. The van der Waals surface area contributed by atoms with Gasteiger partial charge in [0.1, 0.15) is 5.75 Å². The van der Waals surface area contributed by atoms with E-state index in [9.17, 15) is 4.79 Å². The van der Waals surface area contributed by atoms with Gasteiger partial charge in [-0.15, -0.1) is 0 Å². The fraction of sp³-hybridized carbons (Fsp3) is 0.409. The highest BCUT2D eigenvalue weighted by atomic mass is 35.5. The Bertz CT molecular complexity index is 679. The van der Waals surface area contributed by atoms with E-state index in [1.807, 2.05) is 29.2 Å². The van der Waals surface area contributed by atoms with E-state index in [2.05, 4.69) is 30.3 Å². The van der Waals surface area contributed by atoms with Crippen LogP contribution in [0.1, 0.15) is 31.2 Å². The highest BCUT2D eigenvalue weighted by molar-refractivity contribution is 6.30. The lowest BCUT2D eigenvalue weighted by Crippen LogP contribution is -2.38. The smallest absolute Gasteiger partial charge is 0.222 e. The zero-order valence-electron chi connectivity index (χ0n) is 15.1. The van der Waals surface area contributed by atoms with Crippen LogP contribution >= 0.6 is 11.6 Å². The number of carbonyl (C=O) groups is 1. The number of likely N-dealkylation sites (tertiary alicyclic amines) is 1. The van der Waals surface area contributed by atoms with E-state index in [4.69, 9.17) is 16.3 Å². The summed E-state index contributed by atoms with van der Waals surface area (Å²) in [5.41, 5.74) is 1.40. The third-order valence-electron chi connectivity index (χ3n) is 4.95. The van der Waals surface area contributed by atoms with Crippen molar-refractivity contribution in [3.63, 3.8) is 0 Å². The lowest BCUT2D eigenvalue weighted by Gasteiger charge is -2.32. The number of hydrogen-bond acceptors (Lipinski definition) is 2. The molecule has 0 spiro atoms. The Labute approximate surface area is 160 Å². The molecule has 2 aromatic carbocycles. The van der Waals surface area contributed by atoms with Crippen molar-refractivity contribution < 1.29 is 9.53 Å². The van der Waals surface area contributed by atoms with Crippen molar-refractivity contribution in [2.45, 2.75) is 32.1 Å². The van der Waals surface area contributed by atoms with E-state index in [0.717, 1.165) is 44.5 Å². The van der Waals surface area contributed by atoms with Crippen LogP contribution in [0, 0.1) is 5.92 Å².